The van der Waals surface area contributed by atoms with Gasteiger partial charge in [0, 0.05) is 13.1 Å². The summed E-state index contributed by atoms with van der Waals surface area (Å²) < 4.78 is 5.05. The first kappa shape index (κ1) is 19.7. The molecule has 6 heteroatoms. The molecule has 0 aromatic heterocycles. The van der Waals surface area contributed by atoms with Crippen LogP contribution in [0, 0.1) is 0 Å². The molecule has 120 valence electrons. The second kappa shape index (κ2) is 8.87. The molecule has 1 aliphatic rings. The maximum atomic E-state index is 12.1. The van der Waals surface area contributed by atoms with Crippen LogP contribution in [-0.4, -0.2) is 42.2 Å². The van der Waals surface area contributed by atoms with E-state index in [1.165, 1.54) is 0 Å². The summed E-state index contributed by atoms with van der Waals surface area (Å²) in [5, 5.41) is 10.2. The molecular weight excluding hydrogens is 292 g/mol. The molecule has 1 aromatic carbocycles. The van der Waals surface area contributed by atoms with E-state index in [0.29, 0.717) is 11.3 Å². The Hall–Kier alpha value is -1.30. The highest BCUT2D eigenvalue weighted by Gasteiger charge is 2.29. The van der Waals surface area contributed by atoms with Gasteiger partial charge in [-0.25, -0.2) is 0 Å². The van der Waals surface area contributed by atoms with Gasteiger partial charge in [0.15, 0.2) is 0 Å². The molecule has 1 saturated heterocycles. The van der Waals surface area contributed by atoms with Crippen molar-refractivity contribution in [3.8, 4) is 5.75 Å². The van der Waals surface area contributed by atoms with E-state index in [0.717, 1.165) is 25.9 Å². The molecule has 0 bridgehead atoms. The number of rotatable bonds is 4. The summed E-state index contributed by atoms with van der Waals surface area (Å²) in [6, 6.07) is 6.02. The number of nitrogens with two attached hydrogens (primary N) is 1. The van der Waals surface area contributed by atoms with Gasteiger partial charge in [-0.05, 0) is 30.5 Å². The van der Waals surface area contributed by atoms with Crippen molar-refractivity contribution in [2.24, 2.45) is 5.73 Å². The van der Waals surface area contributed by atoms with Crippen LogP contribution in [0.4, 0.5) is 0 Å². The van der Waals surface area contributed by atoms with Crippen molar-refractivity contribution in [3.05, 3.63) is 29.8 Å². The SMILES string of the molecule is C.COc1ccc([C@H](O)[C@@H](N)C(=O)N2CCCC2)cc1.Cl. The number of carbonyl (C=O) groups excluding carboxylic acids is 1. The number of carbonyl (C=O) groups is 1. The van der Waals surface area contributed by atoms with Crippen molar-refractivity contribution in [2.45, 2.75) is 32.4 Å². The number of hydrogen-bond donors (Lipinski definition) is 2. The number of methoxy groups -OCH3 is 1. The smallest absolute Gasteiger partial charge is 0.242 e. The minimum Gasteiger partial charge on any atom is -0.497 e. The van der Waals surface area contributed by atoms with E-state index in [2.05, 4.69) is 0 Å². The molecule has 0 spiro atoms. The van der Waals surface area contributed by atoms with Crippen LogP contribution in [0.2, 0.25) is 0 Å². The molecule has 0 radical (unpaired) electrons. The molecule has 2 rings (SSSR count). The molecule has 1 amide bonds. The Morgan fingerprint density at radius 1 is 1.29 bits per heavy atom. The van der Waals surface area contributed by atoms with Gasteiger partial charge in [-0.1, -0.05) is 19.6 Å². The summed E-state index contributed by atoms with van der Waals surface area (Å²) in [6.45, 7) is 1.48. The van der Waals surface area contributed by atoms with E-state index in [-0.39, 0.29) is 25.7 Å². The third-order valence-corrected chi connectivity index (χ3v) is 3.50. The average molecular weight is 317 g/mol. The summed E-state index contributed by atoms with van der Waals surface area (Å²) >= 11 is 0. The highest BCUT2D eigenvalue weighted by atomic mass is 35.5. The normalized spacial score (nSPS) is 16.4. The largest absolute Gasteiger partial charge is 0.497 e. The van der Waals surface area contributed by atoms with Gasteiger partial charge < -0.3 is 20.5 Å². The predicted octanol–water partition coefficient (Wildman–Crippen LogP) is 1.74. The first-order valence-electron chi connectivity index (χ1n) is 6.50. The Labute approximate surface area is 132 Å². The molecule has 1 fully saturated rings. The summed E-state index contributed by atoms with van der Waals surface area (Å²) in [4.78, 5) is 13.8. The fraction of sp³-hybridized carbons (Fsp3) is 0.533. The van der Waals surface area contributed by atoms with Crippen LogP contribution >= 0.6 is 12.4 Å². The van der Waals surface area contributed by atoms with Gasteiger partial charge in [-0.15, -0.1) is 12.4 Å². The van der Waals surface area contributed by atoms with Crippen LogP contribution in [0.1, 0.15) is 31.9 Å². The number of nitrogens with zero attached hydrogens (tertiary/aromatic N) is 1. The van der Waals surface area contributed by atoms with Gasteiger partial charge >= 0.3 is 0 Å². The number of aliphatic hydroxyl groups excluding tert-OH is 1. The fourth-order valence-corrected chi connectivity index (χ4v) is 2.29. The van der Waals surface area contributed by atoms with E-state index in [1.807, 2.05) is 0 Å². The predicted molar refractivity (Wildman–Crippen MR) is 85.7 cm³/mol. The lowest BCUT2D eigenvalue weighted by Crippen LogP contribution is -2.45. The van der Waals surface area contributed by atoms with Gasteiger partial charge in [0.1, 0.15) is 17.9 Å². The first-order chi connectivity index (χ1) is 9.13. The van der Waals surface area contributed by atoms with Crippen molar-refractivity contribution in [1.29, 1.82) is 0 Å². The van der Waals surface area contributed by atoms with E-state index in [9.17, 15) is 9.90 Å². The zero-order valence-electron chi connectivity index (χ0n) is 11.5. The summed E-state index contributed by atoms with van der Waals surface area (Å²) in [5.74, 6) is 0.524. The summed E-state index contributed by atoms with van der Waals surface area (Å²) in [6.07, 6.45) is 1.03. The Morgan fingerprint density at radius 3 is 2.29 bits per heavy atom. The molecule has 21 heavy (non-hydrogen) atoms. The number of hydrogen-bond acceptors (Lipinski definition) is 4. The van der Waals surface area contributed by atoms with E-state index in [4.69, 9.17) is 10.5 Å². The Morgan fingerprint density at radius 2 is 1.81 bits per heavy atom. The van der Waals surface area contributed by atoms with Crippen molar-refractivity contribution in [3.63, 3.8) is 0 Å². The van der Waals surface area contributed by atoms with Gasteiger partial charge in [-0.3, -0.25) is 4.79 Å². The maximum absolute atomic E-state index is 12.1. The van der Waals surface area contributed by atoms with Crippen LogP contribution in [0.5, 0.6) is 5.75 Å². The lowest BCUT2D eigenvalue weighted by Gasteiger charge is -2.24. The number of amides is 1. The van der Waals surface area contributed by atoms with Crippen LogP contribution in [0.15, 0.2) is 24.3 Å². The van der Waals surface area contributed by atoms with E-state index < -0.39 is 12.1 Å². The molecule has 1 aromatic rings. The van der Waals surface area contributed by atoms with Crippen LogP contribution < -0.4 is 10.5 Å². The summed E-state index contributed by atoms with van der Waals surface area (Å²) in [5.41, 5.74) is 6.50. The molecule has 5 nitrogen and oxygen atoms in total. The molecular formula is C15H25ClN2O3. The number of aliphatic hydroxyl groups is 1. The Balaban J connectivity index is 0.00000200. The van der Waals surface area contributed by atoms with Crippen LogP contribution in [0.25, 0.3) is 0 Å². The molecule has 1 heterocycles. The molecule has 0 saturated carbocycles. The number of likely N-dealkylation sites (tertiary alicyclic amines) is 1. The van der Waals surface area contributed by atoms with Gasteiger partial charge in [0.05, 0.1) is 7.11 Å². The number of ether oxygens (including phenoxy) is 1. The first-order valence-corrected chi connectivity index (χ1v) is 6.50. The van der Waals surface area contributed by atoms with E-state index >= 15 is 0 Å². The van der Waals surface area contributed by atoms with E-state index in [1.54, 1.807) is 36.3 Å². The van der Waals surface area contributed by atoms with Crippen molar-refractivity contribution < 1.29 is 14.6 Å². The average Bonchev–Trinajstić information content (AvgIpc) is 2.99. The van der Waals surface area contributed by atoms with Crippen molar-refractivity contribution in [1.82, 2.24) is 4.90 Å². The highest BCUT2D eigenvalue weighted by molar-refractivity contribution is 5.85. The Kier molecular flexibility index (Phi) is 8.32. The molecule has 0 aliphatic carbocycles. The van der Waals surface area contributed by atoms with Gasteiger partial charge in [-0.2, -0.15) is 0 Å². The molecule has 0 unspecified atom stereocenters. The standard InChI is InChI=1S/C14H20N2O3.CH4.ClH/c1-19-11-6-4-10(5-7-11)13(17)12(15)14(18)16-8-2-3-9-16;;/h4-7,12-13,17H,2-3,8-9,15H2,1H3;1H4;1H/t12-,13+;;/m1../s1. The molecule has 1 aliphatic heterocycles. The summed E-state index contributed by atoms with van der Waals surface area (Å²) in [7, 11) is 1.58. The van der Waals surface area contributed by atoms with Crippen LogP contribution in [0.3, 0.4) is 0 Å². The van der Waals surface area contributed by atoms with Crippen molar-refractivity contribution >= 4 is 18.3 Å². The maximum Gasteiger partial charge on any atom is 0.242 e. The topological polar surface area (TPSA) is 75.8 Å². The second-order valence-corrected chi connectivity index (χ2v) is 4.78. The zero-order chi connectivity index (χ0) is 13.8. The molecule has 3 N–H and O–H groups in total. The van der Waals surface area contributed by atoms with Crippen molar-refractivity contribution in [2.75, 3.05) is 20.2 Å². The third-order valence-electron chi connectivity index (χ3n) is 3.50. The third kappa shape index (κ3) is 4.59. The Bertz CT molecular complexity index is 433. The monoisotopic (exact) mass is 316 g/mol. The minimum absolute atomic E-state index is 0. The quantitative estimate of drug-likeness (QED) is 0.887. The van der Waals surface area contributed by atoms with Gasteiger partial charge in [0.25, 0.3) is 0 Å². The fourth-order valence-electron chi connectivity index (χ4n) is 2.29. The highest BCUT2D eigenvalue weighted by Crippen LogP contribution is 2.21. The van der Waals surface area contributed by atoms with Gasteiger partial charge in [0.2, 0.25) is 5.91 Å². The zero-order valence-corrected chi connectivity index (χ0v) is 12.3. The number of halogens is 1. The molecule has 2 atom stereocenters. The lowest BCUT2D eigenvalue weighted by molar-refractivity contribution is -0.134. The minimum atomic E-state index is -0.987. The lowest BCUT2D eigenvalue weighted by atomic mass is 10.0. The number of benzene rings is 1. The second-order valence-electron chi connectivity index (χ2n) is 4.78. The van der Waals surface area contributed by atoms with Crippen LogP contribution in [-0.2, 0) is 4.79 Å².